The lowest BCUT2D eigenvalue weighted by Gasteiger charge is -2.17. The number of ether oxygens (including phenoxy) is 1. The summed E-state index contributed by atoms with van der Waals surface area (Å²) in [6.07, 6.45) is 3.19. The fourth-order valence-corrected chi connectivity index (χ4v) is 1.76. The first kappa shape index (κ1) is 9.28. The highest BCUT2D eigenvalue weighted by Crippen LogP contribution is 2.25. The molecule has 1 heterocycles. The van der Waals surface area contributed by atoms with E-state index in [0.29, 0.717) is 0 Å². The molecule has 14 heavy (non-hydrogen) atoms. The Hall–Kier alpha value is -1.28. The summed E-state index contributed by atoms with van der Waals surface area (Å²) in [5, 5.41) is 3.27. The average Bonchev–Trinajstić information content (AvgIpc) is 2.74. The van der Waals surface area contributed by atoms with Crippen molar-refractivity contribution in [3.8, 4) is 0 Å². The van der Waals surface area contributed by atoms with Crippen LogP contribution >= 0.6 is 0 Å². The van der Waals surface area contributed by atoms with Gasteiger partial charge in [-0.15, -0.1) is 0 Å². The van der Waals surface area contributed by atoms with Crippen LogP contribution in [0.15, 0.2) is 42.2 Å². The molecule has 1 aromatic carbocycles. The van der Waals surface area contributed by atoms with Crippen LogP contribution in [0.25, 0.3) is 0 Å². The number of likely N-dealkylation sites (N-methyl/N-ethyl adjacent to an activating group) is 1. The van der Waals surface area contributed by atoms with Crippen molar-refractivity contribution < 1.29 is 4.74 Å². The predicted molar refractivity (Wildman–Crippen MR) is 56.9 cm³/mol. The van der Waals surface area contributed by atoms with E-state index in [1.165, 1.54) is 5.56 Å². The zero-order chi connectivity index (χ0) is 9.80. The van der Waals surface area contributed by atoms with Gasteiger partial charge in [-0.2, -0.15) is 0 Å². The highest BCUT2D eigenvalue weighted by molar-refractivity contribution is 5.26. The summed E-state index contributed by atoms with van der Waals surface area (Å²) in [4.78, 5) is 0. The molecule has 1 atom stereocenters. The van der Waals surface area contributed by atoms with Crippen molar-refractivity contribution in [2.75, 3.05) is 13.7 Å². The van der Waals surface area contributed by atoms with E-state index < -0.39 is 0 Å². The molecular formula is C12H15NO. The smallest absolute Gasteiger partial charge is 0.114 e. The van der Waals surface area contributed by atoms with Crippen LogP contribution in [0.4, 0.5) is 0 Å². The number of benzene rings is 1. The minimum atomic E-state index is 0.207. The molecule has 1 aliphatic heterocycles. The Labute approximate surface area is 84.6 Å². The third-order valence-corrected chi connectivity index (χ3v) is 2.44. The normalized spacial score (nSPS) is 17.4. The lowest BCUT2D eigenvalue weighted by atomic mass is 10.1. The molecule has 1 N–H and O–H groups in total. The van der Waals surface area contributed by atoms with Crippen molar-refractivity contribution in [2.24, 2.45) is 0 Å². The lowest BCUT2D eigenvalue weighted by Crippen LogP contribution is -2.18. The summed E-state index contributed by atoms with van der Waals surface area (Å²) in [5.74, 6) is 1.05. The Bertz CT molecular complexity index is 318. The van der Waals surface area contributed by atoms with Crippen LogP contribution in [-0.4, -0.2) is 13.7 Å². The van der Waals surface area contributed by atoms with E-state index in [0.717, 1.165) is 18.8 Å². The number of hydrogen-bond acceptors (Lipinski definition) is 2. The second-order valence-corrected chi connectivity index (χ2v) is 3.38. The molecule has 1 unspecified atom stereocenters. The van der Waals surface area contributed by atoms with Gasteiger partial charge in [0.05, 0.1) is 12.6 Å². The van der Waals surface area contributed by atoms with Crippen LogP contribution < -0.4 is 5.32 Å². The fraction of sp³-hybridized carbons (Fsp3) is 0.333. The van der Waals surface area contributed by atoms with E-state index in [-0.39, 0.29) is 6.04 Å². The molecule has 0 fully saturated rings. The van der Waals surface area contributed by atoms with Crippen LogP contribution in [0.5, 0.6) is 0 Å². The van der Waals surface area contributed by atoms with Crippen molar-refractivity contribution >= 4 is 0 Å². The Morgan fingerprint density at radius 2 is 2.07 bits per heavy atom. The molecule has 1 aliphatic rings. The molecule has 0 bridgehead atoms. The summed E-state index contributed by atoms with van der Waals surface area (Å²) >= 11 is 0. The number of rotatable bonds is 3. The molecular weight excluding hydrogens is 174 g/mol. The summed E-state index contributed by atoms with van der Waals surface area (Å²) in [5.41, 5.74) is 1.25. The molecule has 0 aromatic heterocycles. The van der Waals surface area contributed by atoms with Crippen LogP contribution in [0.1, 0.15) is 18.0 Å². The molecule has 2 nitrogen and oxygen atoms in total. The van der Waals surface area contributed by atoms with Gasteiger partial charge in [-0.05, 0) is 18.7 Å². The molecule has 2 rings (SSSR count). The molecule has 0 saturated heterocycles. The minimum absolute atomic E-state index is 0.207. The van der Waals surface area contributed by atoms with Crippen molar-refractivity contribution in [2.45, 2.75) is 12.5 Å². The summed E-state index contributed by atoms with van der Waals surface area (Å²) in [7, 11) is 1.96. The quantitative estimate of drug-likeness (QED) is 0.787. The SMILES string of the molecule is CNC(C1=CCCO1)c1ccccc1. The van der Waals surface area contributed by atoms with Gasteiger partial charge in [-0.25, -0.2) is 0 Å². The highest BCUT2D eigenvalue weighted by Gasteiger charge is 2.18. The monoisotopic (exact) mass is 189 g/mol. The Morgan fingerprint density at radius 3 is 2.64 bits per heavy atom. The maximum atomic E-state index is 5.56. The maximum Gasteiger partial charge on any atom is 0.114 e. The van der Waals surface area contributed by atoms with Crippen molar-refractivity contribution in [3.05, 3.63) is 47.7 Å². The topological polar surface area (TPSA) is 21.3 Å². The zero-order valence-corrected chi connectivity index (χ0v) is 8.36. The fourth-order valence-electron chi connectivity index (χ4n) is 1.76. The van der Waals surface area contributed by atoms with Gasteiger partial charge < -0.3 is 10.1 Å². The van der Waals surface area contributed by atoms with E-state index in [4.69, 9.17) is 4.74 Å². The maximum absolute atomic E-state index is 5.56. The molecule has 0 aliphatic carbocycles. The standard InChI is InChI=1S/C12H15NO/c1-13-12(11-8-5-9-14-11)10-6-3-2-4-7-10/h2-4,6-8,12-13H,5,9H2,1H3. The first-order chi connectivity index (χ1) is 6.92. The van der Waals surface area contributed by atoms with Gasteiger partial charge in [0.25, 0.3) is 0 Å². The lowest BCUT2D eigenvalue weighted by molar-refractivity contribution is 0.218. The van der Waals surface area contributed by atoms with Crippen LogP contribution in [0.3, 0.4) is 0 Å². The second kappa shape index (κ2) is 4.29. The van der Waals surface area contributed by atoms with Gasteiger partial charge in [-0.3, -0.25) is 0 Å². The van der Waals surface area contributed by atoms with Crippen molar-refractivity contribution in [1.29, 1.82) is 0 Å². The molecule has 0 saturated carbocycles. The molecule has 1 aromatic rings. The largest absolute Gasteiger partial charge is 0.496 e. The number of nitrogens with one attached hydrogen (secondary N) is 1. The predicted octanol–water partition coefficient (Wildman–Crippen LogP) is 2.25. The van der Waals surface area contributed by atoms with Crippen LogP contribution in [-0.2, 0) is 4.74 Å². The van der Waals surface area contributed by atoms with E-state index in [1.807, 2.05) is 13.1 Å². The Balaban J connectivity index is 2.21. The molecule has 74 valence electrons. The average molecular weight is 189 g/mol. The van der Waals surface area contributed by atoms with Gasteiger partial charge >= 0.3 is 0 Å². The van der Waals surface area contributed by atoms with E-state index >= 15 is 0 Å². The van der Waals surface area contributed by atoms with Gasteiger partial charge in [0, 0.05) is 6.42 Å². The number of hydrogen-bond donors (Lipinski definition) is 1. The van der Waals surface area contributed by atoms with Crippen LogP contribution in [0, 0.1) is 0 Å². The summed E-state index contributed by atoms with van der Waals surface area (Å²) < 4.78 is 5.56. The molecule has 0 spiro atoms. The van der Waals surface area contributed by atoms with Gasteiger partial charge in [0.15, 0.2) is 0 Å². The first-order valence-corrected chi connectivity index (χ1v) is 4.97. The van der Waals surface area contributed by atoms with Gasteiger partial charge in [-0.1, -0.05) is 30.3 Å². The van der Waals surface area contributed by atoms with E-state index in [9.17, 15) is 0 Å². The first-order valence-electron chi connectivity index (χ1n) is 4.97. The van der Waals surface area contributed by atoms with Crippen molar-refractivity contribution in [1.82, 2.24) is 5.32 Å². The van der Waals surface area contributed by atoms with E-state index in [2.05, 4.69) is 35.7 Å². The highest BCUT2D eigenvalue weighted by atomic mass is 16.5. The molecule has 0 radical (unpaired) electrons. The van der Waals surface area contributed by atoms with E-state index in [1.54, 1.807) is 0 Å². The molecule has 0 amide bonds. The molecule has 2 heteroatoms. The Morgan fingerprint density at radius 1 is 1.29 bits per heavy atom. The van der Waals surface area contributed by atoms with Gasteiger partial charge in [0.1, 0.15) is 5.76 Å². The Kier molecular flexibility index (Phi) is 2.84. The third-order valence-electron chi connectivity index (χ3n) is 2.44. The van der Waals surface area contributed by atoms with Crippen molar-refractivity contribution in [3.63, 3.8) is 0 Å². The second-order valence-electron chi connectivity index (χ2n) is 3.38. The summed E-state index contributed by atoms with van der Waals surface area (Å²) in [6.45, 7) is 0.820. The minimum Gasteiger partial charge on any atom is -0.496 e. The zero-order valence-electron chi connectivity index (χ0n) is 8.36. The summed E-state index contributed by atoms with van der Waals surface area (Å²) in [6, 6.07) is 10.6. The van der Waals surface area contributed by atoms with Gasteiger partial charge in [0.2, 0.25) is 0 Å². The third kappa shape index (κ3) is 1.80. The van der Waals surface area contributed by atoms with Crippen LogP contribution in [0.2, 0.25) is 0 Å².